The van der Waals surface area contributed by atoms with Crippen LogP contribution >= 0.6 is 15.9 Å². The van der Waals surface area contributed by atoms with Crippen LogP contribution in [0.5, 0.6) is 5.75 Å². The summed E-state index contributed by atoms with van der Waals surface area (Å²) in [6.45, 7) is 3.13. The highest BCUT2D eigenvalue weighted by atomic mass is 79.9. The Hall–Kier alpha value is -2.49. The van der Waals surface area contributed by atoms with Gasteiger partial charge in [-0.25, -0.2) is 18.4 Å². The Morgan fingerprint density at radius 3 is 2.42 bits per heavy atom. The van der Waals surface area contributed by atoms with E-state index >= 15 is 0 Å². The second kappa shape index (κ2) is 9.04. The summed E-state index contributed by atoms with van der Waals surface area (Å²) in [6, 6.07) is 12.5. The second-order valence-corrected chi connectivity index (χ2v) is 11.4. The molecular formula is C24H25BrN4O3S. The number of halogens is 1. The van der Waals surface area contributed by atoms with E-state index < -0.39 is 10.0 Å². The molecule has 33 heavy (non-hydrogen) atoms. The van der Waals surface area contributed by atoms with Gasteiger partial charge >= 0.3 is 0 Å². The van der Waals surface area contributed by atoms with E-state index in [1.165, 1.54) is 21.7 Å². The highest BCUT2D eigenvalue weighted by molar-refractivity contribution is 9.10. The Morgan fingerprint density at radius 2 is 1.64 bits per heavy atom. The minimum absolute atomic E-state index is 0.432. The molecule has 2 aromatic carbocycles. The van der Waals surface area contributed by atoms with Gasteiger partial charge in [-0.3, -0.25) is 0 Å². The normalized spacial score (nSPS) is 16.2. The summed E-state index contributed by atoms with van der Waals surface area (Å²) in [7, 11) is -3.16. The lowest BCUT2D eigenvalue weighted by Gasteiger charge is -2.29. The van der Waals surface area contributed by atoms with Gasteiger partial charge in [-0.2, -0.15) is 4.31 Å². The van der Waals surface area contributed by atoms with Gasteiger partial charge in [-0.15, -0.1) is 0 Å². The molecule has 1 aromatic heterocycles. The summed E-state index contributed by atoms with van der Waals surface area (Å²) < 4.78 is 32.1. The van der Waals surface area contributed by atoms with E-state index in [0.29, 0.717) is 26.1 Å². The maximum Gasteiger partial charge on any atom is 0.225 e. The quantitative estimate of drug-likeness (QED) is 0.502. The molecule has 0 spiro atoms. The van der Waals surface area contributed by atoms with Gasteiger partial charge in [-0.1, -0.05) is 24.3 Å². The first-order valence-corrected chi connectivity index (χ1v) is 13.5. The van der Waals surface area contributed by atoms with Gasteiger partial charge in [-0.05, 0) is 68.7 Å². The van der Waals surface area contributed by atoms with Gasteiger partial charge in [0.25, 0.3) is 0 Å². The standard InChI is InChI=1S/C24H25BrN4O3S/c1-33(30,31)29-9-7-19-11-23(5-4-21(19)15-29)32-16-17-2-3-20-14-28(8-6-18(20)10-17)24-26-12-22(25)13-27-24/h2-5,10-13H,6-9,14-16H2,1H3. The minimum atomic E-state index is -3.16. The summed E-state index contributed by atoms with van der Waals surface area (Å²) in [6.07, 6.45) is 6.47. The largest absolute Gasteiger partial charge is 0.489 e. The van der Waals surface area contributed by atoms with Gasteiger partial charge in [0, 0.05) is 38.6 Å². The number of fused-ring (bicyclic) bond motifs is 2. The van der Waals surface area contributed by atoms with Crippen molar-refractivity contribution in [1.29, 1.82) is 0 Å². The molecule has 0 bridgehead atoms. The van der Waals surface area contributed by atoms with Crippen molar-refractivity contribution in [2.75, 3.05) is 24.2 Å². The van der Waals surface area contributed by atoms with Crippen LogP contribution < -0.4 is 9.64 Å². The van der Waals surface area contributed by atoms with Crippen molar-refractivity contribution in [3.8, 4) is 5.75 Å². The highest BCUT2D eigenvalue weighted by Crippen LogP contribution is 2.27. The molecule has 5 rings (SSSR count). The van der Waals surface area contributed by atoms with Crippen LogP contribution in [-0.2, 0) is 42.6 Å². The number of sulfonamides is 1. The van der Waals surface area contributed by atoms with E-state index in [2.05, 4.69) is 49.0 Å². The first-order valence-electron chi connectivity index (χ1n) is 10.9. The van der Waals surface area contributed by atoms with Gasteiger partial charge in [0.1, 0.15) is 12.4 Å². The van der Waals surface area contributed by atoms with E-state index in [0.717, 1.165) is 52.4 Å². The molecule has 3 heterocycles. The lowest BCUT2D eigenvalue weighted by Crippen LogP contribution is -2.35. The molecule has 172 valence electrons. The van der Waals surface area contributed by atoms with Crippen LogP contribution in [0, 0.1) is 0 Å². The average molecular weight is 529 g/mol. The van der Waals surface area contributed by atoms with Crippen LogP contribution in [0.1, 0.15) is 27.8 Å². The fraction of sp³-hybridized carbons (Fsp3) is 0.333. The van der Waals surface area contributed by atoms with Gasteiger partial charge in [0.05, 0.1) is 10.7 Å². The lowest BCUT2D eigenvalue weighted by atomic mass is 9.97. The number of rotatable bonds is 5. The average Bonchev–Trinajstić information content (AvgIpc) is 2.81. The molecule has 2 aliphatic heterocycles. The third-order valence-corrected chi connectivity index (χ3v) is 7.86. The summed E-state index contributed by atoms with van der Waals surface area (Å²) in [5.74, 6) is 1.57. The fourth-order valence-electron chi connectivity index (χ4n) is 4.38. The number of aromatic nitrogens is 2. The summed E-state index contributed by atoms with van der Waals surface area (Å²) in [5, 5.41) is 0. The Labute approximate surface area is 202 Å². The van der Waals surface area contributed by atoms with Crippen LogP contribution in [-0.4, -0.2) is 42.0 Å². The Kier molecular flexibility index (Phi) is 6.11. The molecule has 7 nitrogen and oxygen atoms in total. The van der Waals surface area contributed by atoms with Crippen molar-refractivity contribution in [2.45, 2.75) is 32.5 Å². The molecular weight excluding hydrogens is 504 g/mol. The maximum absolute atomic E-state index is 11.8. The molecule has 0 radical (unpaired) electrons. The maximum atomic E-state index is 11.8. The number of ether oxygens (including phenoxy) is 1. The highest BCUT2D eigenvalue weighted by Gasteiger charge is 2.23. The SMILES string of the molecule is CS(=O)(=O)N1CCc2cc(OCc3ccc4c(c3)CCN(c3ncc(Br)cn3)C4)ccc2C1. The minimum Gasteiger partial charge on any atom is -0.489 e. The van der Waals surface area contributed by atoms with Crippen molar-refractivity contribution in [2.24, 2.45) is 0 Å². The van der Waals surface area contributed by atoms with Crippen molar-refractivity contribution < 1.29 is 13.2 Å². The van der Waals surface area contributed by atoms with Gasteiger partial charge in [0.2, 0.25) is 16.0 Å². The second-order valence-electron chi connectivity index (χ2n) is 8.54. The third-order valence-electron chi connectivity index (χ3n) is 6.20. The Morgan fingerprint density at radius 1 is 0.939 bits per heavy atom. The van der Waals surface area contributed by atoms with E-state index in [9.17, 15) is 8.42 Å². The Bertz CT molecular complexity index is 1280. The first-order chi connectivity index (χ1) is 15.8. The molecule has 0 saturated heterocycles. The summed E-state index contributed by atoms with van der Waals surface area (Å²) in [5.41, 5.74) is 5.99. The molecule has 3 aromatic rings. The zero-order chi connectivity index (χ0) is 23.0. The first kappa shape index (κ1) is 22.3. The number of anilines is 1. The van der Waals surface area contributed by atoms with E-state index in [1.807, 2.05) is 18.2 Å². The lowest BCUT2D eigenvalue weighted by molar-refractivity contribution is 0.304. The Balaban J connectivity index is 1.22. The molecule has 0 saturated carbocycles. The van der Waals surface area contributed by atoms with Gasteiger partial charge in [0.15, 0.2) is 0 Å². The fourth-order valence-corrected chi connectivity index (χ4v) is 5.38. The number of hydrogen-bond acceptors (Lipinski definition) is 6. The molecule has 0 amide bonds. The predicted molar refractivity (Wildman–Crippen MR) is 131 cm³/mol. The molecule has 0 fully saturated rings. The summed E-state index contributed by atoms with van der Waals surface area (Å²) >= 11 is 3.38. The molecule has 0 atom stereocenters. The van der Waals surface area contributed by atoms with Crippen molar-refractivity contribution >= 4 is 31.9 Å². The zero-order valence-electron chi connectivity index (χ0n) is 18.4. The number of hydrogen-bond donors (Lipinski definition) is 0. The molecule has 0 aliphatic carbocycles. The van der Waals surface area contributed by atoms with Crippen molar-refractivity contribution in [3.63, 3.8) is 0 Å². The number of nitrogens with zero attached hydrogens (tertiary/aromatic N) is 4. The van der Waals surface area contributed by atoms with Crippen LogP contribution in [0.25, 0.3) is 0 Å². The van der Waals surface area contributed by atoms with Crippen LogP contribution in [0.2, 0.25) is 0 Å². The zero-order valence-corrected chi connectivity index (χ0v) is 20.8. The van der Waals surface area contributed by atoms with Crippen LogP contribution in [0.4, 0.5) is 5.95 Å². The third kappa shape index (κ3) is 5.05. The molecule has 9 heteroatoms. The topological polar surface area (TPSA) is 75.6 Å². The van der Waals surface area contributed by atoms with E-state index in [4.69, 9.17) is 4.74 Å². The smallest absolute Gasteiger partial charge is 0.225 e. The van der Waals surface area contributed by atoms with Crippen LogP contribution in [0.3, 0.4) is 0 Å². The van der Waals surface area contributed by atoms with Crippen molar-refractivity contribution in [1.82, 2.24) is 14.3 Å². The predicted octanol–water partition coefficient (Wildman–Crippen LogP) is 3.70. The van der Waals surface area contributed by atoms with E-state index in [-0.39, 0.29) is 0 Å². The summed E-state index contributed by atoms with van der Waals surface area (Å²) in [4.78, 5) is 11.0. The monoisotopic (exact) mass is 528 g/mol. The molecule has 0 unspecified atom stereocenters. The van der Waals surface area contributed by atoms with Gasteiger partial charge < -0.3 is 9.64 Å². The van der Waals surface area contributed by atoms with Crippen LogP contribution in [0.15, 0.2) is 53.3 Å². The number of benzene rings is 2. The molecule has 0 N–H and O–H groups in total. The van der Waals surface area contributed by atoms with Crippen molar-refractivity contribution in [3.05, 3.63) is 81.1 Å². The van der Waals surface area contributed by atoms with E-state index in [1.54, 1.807) is 12.4 Å². The molecule has 2 aliphatic rings.